The molecule has 0 saturated heterocycles. The number of hydrogen-bond acceptors (Lipinski definition) is 7. The average Bonchev–Trinajstić information content (AvgIpc) is 3.29. The van der Waals surface area contributed by atoms with Crippen LogP contribution in [0.3, 0.4) is 0 Å². The second-order valence-corrected chi connectivity index (χ2v) is 11.2. The van der Waals surface area contributed by atoms with Crippen molar-refractivity contribution >= 4 is 52.1 Å². The van der Waals surface area contributed by atoms with Gasteiger partial charge in [-0.2, -0.15) is 0 Å². The van der Waals surface area contributed by atoms with Gasteiger partial charge in [0.2, 0.25) is 5.91 Å². The van der Waals surface area contributed by atoms with Crippen LogP contribution in [0.4, 0.5) is 10.2 Å². The SMILES string of the molecule is CC.CC1CCc2nc(C(N)=O)sc2CC1.CN(C)C(=O)C1CCCCC1.NC(=S)C(=O)Nc1ccc(F)cn1. The average molecular weight is 595 g/mol. The maximum absolute atomic E-state index is 12.4. The molecule has 40 heavy (non-hydrogen) atoms. The first-order chi connectivity index (χ1) is 19.0. The Bertz CT molecular complexity index is 1080. The molecule has 2 aromatic rings. The second kappa shape index (κ2) is 18.4. The number of primary amides is 1. The molecule has 1 saturated carbocycles. The van der Waals surface area contributed by atoms with Crippen molar-refractivity contribution in [1.82, 2.24) is 14.9 Å². The third kappa shape index (κ3) is 12.5. The molecule has 0 spiro atoms. The molecule has 1 unspecified atom stereocenters. The number of aryl methyl sites for hydroxylation is 2. The number of nitrogens with zero attached hydrogens (tertiary/aromatic N) is 3. The molecule has 222 valence electrons. The van der Waals surface area contributed by atoms with Crippen LogP contribution in [0.25, 0.3) is 0 Å². The van der Waals surface area contributed by atoms with Gasteiger partial charge in [-0.25, -0.2) is 14.4 Å². The van der Waals surface area contributed by atoms with E-state index in [-0.39, 0.29) is 10.8 Å². The molecule has 0 bridgehead atoms. The molecular formula is C28H43FN6O3S2. The minimum Gasteiger partial charge on any atom is -0.385 e. The highest BCUT2D eigenvalue weighted by Crippen LogP contribution is 2.28. The number of nitrogens with two attached hydrogens (primary N) is 2. The molecule has 2 heterocycles. The summed E-state index contributed by atoms with van der Waals surface area (Å²) in [6.45, 7) is 6.27. The number of rotatable bonds is 3. The van der Waals surface area contributed by atoms with Gasteiger partial charge >= 0.3 is 0 Å². The summed E-state index contributed by atoms with van der Waals surface area (Å²) in [6.07, 6.45) is 11.4. The summed E-state index contributed by atoms with van der Waals surface area (Å²) in [5.41, 5.74) is 11.3. The van der Waals surface area contributed by atoms with E-state index >= 15 is 0 Å². The maximum atomic E-state index is 12.4. The molecule has 0 radical (unpaired) electrons. The Kier molecular flexibility index (Phi) is 16.1. The zero-order chi connectivity index (χ0) is 30.2. The Hall–Kier alpha value is -2.99. The number of amides is 3. The van der Waals surface area contributed by atoms with E-state index in [1.165, 1.54) is 60.5 Å². The summed E-state index contributed by atoms with van der Waals surface area (Å²) in [6, 6.07) is 2.48. The number of carbonyl (C=O) groups excluding carboxylic acids is 3. The number of fused-ring (bicyclic) bond motifs is 1. The molecule has 3 amide bonds. The smallest absolute Gasteiger partial charge is 0.283 e. The third-order valence-corrected chi connectivity index (χ3v) is 7.67. The van der Waals surface area contributed by atoms with Gasteiger partial charge in [-0.3, -0.25) is 14.4 Å². The van der Waals surface area contributed by atoms with Crippen molar-refractivity contribution < 1.29 is 18.8 Å². The molecule has 9 nitrogen and oxygen atoms in total. The molecule has 4 rings (SSSR count). The Morgan fingerprint density at radius 1 is 1.05 bits per heavy atom. The summed E-state index contributed by atoms with van der Waals surface area (Å²) in [4.78, 5) is 43.8. The first kappa shape index (κ1) is 35.0. The van der Waals surface area contributed by atoms with Crippen molar-refractivity contribution in [2.75, 3.05) is 19.4 Å². The van der Waals surface area contributed by atoms with Crippen LogP contribution in [0.15, 0.2) is 18.3 Å². The number of hydrogen-bond donors (Lipinski definition) is 3. The highest BCUT2D eigenvalue weighted by atomic mass is 32.1. The van der Waals surface area contributed by atoms with Gasteiger partial charge in [-0.1, -0.05) is 52.3 Å². The summed E-state index contributed by atoms with van der Waals surface area (Å²) in [7, 11) is 3.69. The molecule has 2 aliphatic carbocycles. The molecule has 12 heteroatoms. The van der Waals surface area contributed by atoms with Gasteiger partial charge in [0.1, 0.15) is 11.6 Å². The maximum Gasteiger partial charge on any atom is 0.283 e. The lowest BCUT2D eigenvalue weighted by atomic mass is 9.88. The molecular weight excluding hydrogens is 551 g/mol. The van der Waals surface area contributed by atoms with E-state index in [1.54, 1.807) is 4.90 Å². The number of nitrogens with one attached hydrogen (secondary N) is 1. The first-order valence-corrected chi connectivity index (χ1v) is 14.9. The zero-order valence-electron chi connectivity index (χ0n) is 24.2. The van der Waals surface area contributed by atoms with Crippen molar-refractivity contribution in [2.45, 2.75) is 78.6 Å². The third-order valence-electron chi connectivity index (χ3n) is 6.32. The number of halogens is 1. The van der Waals surface area contributed by atoms with Gasteiger partial charge in [-0.05, 0) is 56.6 Å². The molecule has 5 N–H and O–H groups in total. The van der Waals surface area contributed by atoms with E-state index in [0.29, 0.717) is 16.8 Å². The lowest BCUT2D eigenvalue weighted by Crippen LogP contribution is -2.30. The quantitative estimate of drug-likeness (QED) is 0.339. The highest BCUT2D eigenvalue weighted by Gasteiger charge is 2.22. The van der Waals surface area contributed by atoms with Gasteiger partial charge in [0.25, 0.3) is 11.8 Å². The number of thiazole rings is 1. The van der Waals surface area contributed by atoms with E-state index in [1.807, 2.05) is 27.9 Å². The normalized spacial score (nSPS) is 16.1. The summed E-state index contributed by atoms with van der Waals surface area (Å²) < 4.78 is 12.4. The summed E-state index contributed by atoms with van der Waals surface area (Å²) in [5, 5.41) is 2.76. The number of anilines is 1. The number of carbonyl (C=O) groups is 3. The monoisotopic (exact) mass is 594 g/mol. The molecule has 1 fully saturated rings. The lowest BCUT2D eigenvalue weighted by molar-refractivity contribution is -0.133. The van der Waals surface area contributed by atoms with Gasteiger partial charge in [0.15, 0.2) is 10.00 Å². The fraction of sp³-hybridized carbons (Fsp3) is 0.571. The molecule has 0 aromatic carbocycles. The largest absolute Gasteiger partial charge is 0.385 e. The summed E-state index contributed by atoms with van der Waals surface area (Å²) in [5.74, 6) is 0.148. The van der Waals surface area contributed by atoms with Gasteiger partial charge in [-0.15, -0.1) is 11.3 Å². The number of pyridine rings is 1. The van der Waals surface area contributed by atoms with Crippen molar-refractivity contribution in [1.29, 1.82) is 0 Å². The predicted molar refractivity (Wildman–Crippen MR) is 163 cm³/mol. The predicted octanol–water partition coefficient (Wildman–Crippen LogP) is 4.88. The molecule has 2 aliphatic rings. The Labute approximate surface area is 246 Å². The van der Waals surface area contributed by atoms with E-state index in [2.05, 4.69) is 34.4 Å². The lowest BCUT2D eigenvalue weighted by Gasteiger charge is -2.23. The standard InChI is InChI=1S/C10H14N2OS.C9H17NO.C7H6FN3OS.C2H6/c1-6-2-4-7-8(5-3-6)14-10(12-7)9(11)13;1-10(2)9(11)8-6-4-3-5-7-8;8-4-1-2-5(10-3-4)11-7(12)6(9)13;1-2/h6H,2-5H2,1H3,(H2,11,13);8H,3-7H2,1-2H3;1-3H,(H2,9,13)(H,10,11,12);1-2H3. The highest BCUT2D eigenvalue weighted by molar-refractivity contribution is 7.82. The molecule has 0 aliphatic heterocycles. The van der Waals surface area contributed by atoms with Crippen LogP contribution in [0.5, 0.6) is 0 Å². The minimum absolute atomic E-state index is 0.208. The molecule has 1 atom stereocenters. The van der Waals surface area contributed by atoms with Crippen LogP contribution in [0.1, 0.15) is 86.1 Å². The van der Waals surface area contributed by atoms with E-state index < -0.39 is 17.6 Å². The fourth-order valence-corrected chi connectivity index (χ4v) is 5.15. The van der Waals surface area contributed by atoms with Gasteiger partial charge in [0, 0.05) is 24.9 Å². The van der Waals surface area contributed by atoms with E-state index in [9.17, 15) is 18.8 Å². The zero-order valence-corrected chi connectivity index (χ0v) is 25.8. The van der Waals surface area contributed by atoms with Crippen LogP contribution in [-0.2, 0) is 22.4 Å². The van der Waals surface area contributed by atoms with Gasteiger partial charge in [0.05, 0.1) is 11.9 Å². The van der Waals surface area contributed by atoms with Crippen LogP contribution < -0.4 is 16.8 Å². The van der Waals surface area contributed by atoms with Gasteiger partial charge < -0.3 is 21.7 Å². The Morgan fingerprint density at radius 3 is 2.20 bits per heavy atom. The second-order valence-electron chi connectivity index (χ2n) is 9.68. The van der Waals surface area contributed by atoms with Crippen LogP contribution >= 0.6 is 23.6 Å². The topological polar surface area (TPSA) is 144 Å². The van der Waals surface area contributed by atoms with Crippen molar-refractivity contribution in [3.63, 3.8) is 0 Å². The first-order valence-electron chi connectivity index (χ1n) is 13.7. The Morgan fingerprint density at radius 2 is 1.68 bits per heavy atom. The fourth-order valence-electron chi connectivity index (χ4n) is 4.13. The van der Waals surface area contributed by atoms with Crippen molar-refractivity contribution in [2.24, 2.45) is 23.3 Å². The number of aromatic nitrogens is 2. The van der Waals surface area contributed by atoms with Crippen LogP contribution in [0, 0.1) is 17.7 Å². The van der Waals surface area contributed by atoms with Crippen molar-refractivity contribution in [3.8, 4) is 0 Å². The molecule has 2 aromatic heterocycles. The number of thiocarbonyl (C=S) groups is 1. The summed E-state index contributed by atoms with van der Waals surface area (Å²) >= 11 is 5.88. The van der Waals surface area contributed by atoms with E-state index in [4.69, 9.17) is 11.5 Å². The van der Waals surface area contributed by atoms with Crippen LogP contribution in [0.2, 0.25) is 0 Å². The van der Waals surface area contributed by atoms with E-state index in [0.717, 1.165) is 43.5 Å². The minimum atomic E-state index is -0.617. The van der Waals surface area contributed by atoms with Crippen molar-refractivity contribution in [3.05, 3.63) is 39.7 Å². The van der Waals surface area contributed by atoms with Crippen LogP contribution in [-0.4, -0.2) is 51.7 Å². The Balaban J connectivity index is 0.000000293.